The molecule has 1 amide bonds. The third-order valence-corrected chi connectivity index (χ3v) is 8.38. The van der Waals surface area contributed by atoms with Crippen LogP contribution in [0, 0.1) is 25.5 Å². The van der Waals surface area contributed by atoms with Crippen LogP contribution in [0.1, 0.15) is 59.7 Å². The molecule has 3 aromatic carbocycles. The average molecular weight is 642 g/mol. The van der Waals surface area contributed by atoms with Gasteiger partial charge in [-0.3, -0.25) is 14.5 Å². The van der Waals surface area contributed by atoms with Crippen LogP contribution in [0.2, 0.25) is 5.02 Å². The summed E-state index contributed by atoms with van der Waals surface area (Å²) in [4.78, 5) is 27.9. The van der Waals surface area contributed by atoms with Crippen LogP contribution in [-0.4, -0.2) is 47.7 Å². The molecule has 7 nitrogen and oxygen atoms in total. The number of nitrogens with zero attached hydrogens (tertiary/aromatic N) is 1. The Morgan fingerprint density at radius 3 is 2.60 bits per heavy atom. The molecule has 0 aliphatic carbocycles. The highest BCUT2D eigenvalue weighted by atomic mass is 35.5. The first-order valence-corrected chi connectivity index (χ1v) is 15.1. The van der Waals surface area contributed by atoms with Gasteiger partial charge in [0.15, 0.2) is 0 Å². The number of likely N-dealkylation sites (tertiary alicyclic amines) is 1. The lowest BCUT2D eigenvalue weighted by atomic mass is 9.91. The van der Waals surface area contributed by atoms with Crippen molar-refractivity contribution >= 4 is 23.5 Å². The van der Waals surface area contributed by atoms with Gasteiger partial charge in [-0.25, -0.2) is 13.2 Å². The van der Waals surface area contributed by atoms with E-state index in [2.05, 4.69) is 10.6 Å². The van der Waals surface area contributed by atoms with Crippen LogP contribution >= 0.6 is 11.6 Å². The molecule has 2 aliphatic heterocycles. The van der Waals surface area contributed by atoms with Gasteiger partial charge in [0, 0.05) is 41.3 Å². The normalized spacial score (nSPS) is 19.1. The van der Waals surface area contributed by atoms with Gasteiger partial charge in [0.1, 0.15) is 36.2 Å². The molecule has 0 radical (unpaired) electrons. The van der Waals surface area contributed by atoms with Gasteiger partial charge in [-0.2, -0.15) is 0 Å². The molecule has 238 valence electrons. The number of aryl methyl sites for hydroxylation is 2. The molecule has 4 bridgehead atoms. The quantitative estimate of drug-likeness (QED) is 0.266. The minimum atomic E-state index is -1.30. The van der Waals surface area contributed by atoms with Crippen LogP contribution in [0.25, 0.3) is 11.1 Å². The van der Waals surface area contributed by atoms with Gasteiger partial charge in [0.05, 0.1) is 12.5 Å². The molecular formula is C34H35ClF3N3O4. The summed E-state index contributed by atoms with van der Waals surface area (Å²) in [5.41, 5.74) is 3.55. The van der Waals surface area contributed by atoms with E-state index in [-0.39, 0.29) is 23.3 Å². The number of alkyl halides is 1. The molecule has 2 heterocycles. The Kier molecular flexibility index (Phi) is 9.74. The fraction of sp³-hybridized carbons (Fsp3) is 0.353. The predicted octanol–water partition coefficient (Wildman–Crippen LogP) is 6.70. The van der Waals surface area contributed by atoms with Crippen molar-refractivity contribution in [2.24, 2.45) is 0 Å². The number of halogens is 4. The molecule has 1 fully saturated rings. The third-order valence-electron chi connectivity index (χ3n) is 8.17. The monoisotopic (exact) mass is 641 g/mol. The lowest BCUT2D eigenvalue weighted by molar-refractivity contribution is -0.137. The van der Waals surface area contributed by atoms with E-state index in [1.54, 1.807) is 37.4 Å². The maximum atomic E-state index is 15.7. The Balaban J connectivity index is 1.60. The van der Waals surface area contributed by atoms with Gasteiger partial charge >= 0.3 is 5.97 Å². The number of rotatable bonds is 7. The van der Waals surface area contributed by atoms with Gasteiger partial charge in [-0.15, -0.1) is 0 Å². The summed E-state index contributed by atoms with van der Waals surface area (Å²) in [6, 6.07) is 8.24. The summed E-state index contributed by atoms with van der Waals surface area (Å²) in [7, 11) is 0. The van der Waals surface area contributed by atoms with Crippen molar-refractivity contribution in [1.29, 1.82) is 0 Å². The molecule has 3 N–H and O–H groups in total. The lowest BCUT2D eigenvalue weighted by Gasteiger charge is -2.34. The second kappa shape index (κ2) is 13.5. The van der Waals surface area contributed by atoms with Crippen molar-refractivity contribution in [3.05, 3.63) is 98.7 Å². The van der Waals surface area contributed by atoms with Gasteiger partial charge in [-0.1, -0.05) is 23.2 Å². The van der Waals surface area contributed by atoms with E-state index in [1.807, 2.05) is 18.7 Å². The predicted molar refractivity (Wildman–Crippen MR) is 166 cm³/mol. The van der Waals surface area contributed by atoms with Crippen LogP contribution in [0.5, 0.6) is 5.75 Å². The zero-order valence-corrected chi connectivity index (χ0v) is 26.0. The van der Waals surface area contributed by atoms with E-state index < -0.39 is 48.2 Å². The first-order valence-electron chi connectivity index (χ1n) is 14.7. The van der Waals surface area contributed by atoms with Crippen molar-refractivity contribution in [3.8, 4) is 16.9 Å². The van der Waals surface area contributed by atoms with Crippen molar-refractivity contribution in [2.45, 2.75) is 58.5 Å². The van der Waals surface area contributed by atoms with Crippen molar-refractivity contribution < 1.29 is 32.6 Å². The molecule has 3 aromatic rings. The molecule has 5 rings (SSSR count). The fourth-order valence-corrected chi connectivity index (χ4v) is 6.02. The summed E-state index contributed by atoms with van der Waals surface area (Å²) >= 11 is 6.38. The first kappa shape index (κ1) is 32.4. The largest absolute Gasteiger partial charge is 0.488 e. The number of nitrogens with one attached hydrogen (secondary N) is 2. The highest BCUT2D eigenvalue weighted by molar-refractivity contribution is 6.31. The molecule has 11 heteroatoms. The number of amides is 1. The van der Waals surface area contributed by atoms with Gasteiger partial charge < -0.3 is 20.5 Å². The molecule has 1 saturated heterocycles. The second-order valence-corrected chi connectivity index (χ2v) is 12.2. The van der Waals surface area contributed by atoms with E-state index in [1.165, 1.54) is 18.2 Å². The Morgan fingerprint density at radius 1 is 1.13 bits per heavy atom. The zero-order valence-electron chi connectivity index (χ0n) is 25.2. The van der Waals surface area contributed by atoms with E-state index in [0.29, 0.717) is 53.5 Å². The number of carboxylic acids is 1. The number of fused-ring (bicyclic) bond motifs is 6. The van der Waals surface area contributed by atoms with Crippen LogP contribution in [0.3, 0.4) is 0 Å². The SMILES string of the molecule is C/C(=C\N[C@@H]1C(=O)N[C@@H](CC(=O)O)c2cc(cc(C)c2F)-c2c(C)cc(Cl)cc2OCc2ccc(F)c1c2)CCN1CC(F)C1. The second-order valence-electron chi connectivity index (χ2n) is 11.8. The summed E-state index contributed by atoms with van der Waals surface area (Å²) in [5.74, 6) is -2.93. The lowest BCUT2D eigenvalue weighted by Crippen LogP contribution is -2.48. The molecule has 0 spiro atoms. The summed E-state index contributed by atoms with van der Waals surface area (Å²) < 4.78 is 50.6. The van der Waals surface area contributed by atoms with Crippen molar-refractivity contribution in [1.82, 2.24) is 15.5 Å². The molecule has 45 heavy (non-hydrogen) atoms. The number of hydrogen-bond acceptors (Lipinski definition) is 5. The number of ether oxygens (including phenoxy) is 1. The minimum absolute atomic E-state index is 0.000278. The Labute approximate surface area is 265 Å². The maximum absolute atomic E-state index is 15.7. The van der Waals surface area contributed by atoms with Crippen LogP contribution in [-0.2, 0) is 16.2 Å². The molecule has 2 atom stereocenters. The number of hydrogen-bond donors (Lipinski definition) is 3. The van der Waals surface area contributed by atoms with E-state index >= 15 is 8.78 Å². The first-order chi connectivity index (χ1) is 21.4. The number of carbonyl (C=O) groups is 2. The standard InChI is InChI=1S/C34H35ClF3N3O4/c1-18(6-7-41-15-24(36)16-41)14-39-33-25-10-21(4-5-27(25)37)17-45-29-12-23(35)9-19(2)31(29)22-8-20(3)32(38)26(11-22)28(13-30(42)43)40-34(33)44/h4-5,8-12,14,24,28,33,39H,6-7,13,15-17H2,1-3H3,(H,40,44)(H,42,43)/b18-14+/t28-,33-/m0/s1. The van der Waals surface area contributed by atoms with E-state index in [0.717, 1.165) is 11.1 Å². The number of aliphatic carboxylic acids is 1. The van der Waals surface area contributed by atoms with Gasteiger partial charge in [0.25, 0.3) is 0 Å². The average Bonchev–Trinajstić information content (AvgIpc) is 2.95. The Bertz CT molecular complexity index is 1660. The summed E-state index contributed by atoms with van der Waals surface area (Å²) in [5, 5.41) is 15.9. The maximum Gasteiger partial charge on any atom is 0.305 e. The summed E-state index contributed by atoms with van der Waals surface area (Å²) in [6.07, 6.45) is 0.748. The van der Waals surface area contributed by atoms with Crippen LogP contribution < -0.4 is 15.4 Å². The smallest absolute Gasteiger partial charge is 0.305 e. The highest BCUT2D eigenvalue weighted by Crippen LogP contribution is 2.39. The van der Waals surface area contributed by atoms with Crippen molar-refractivity contribution in [3.63, 3.8) is 0 Å². The van der Waals surface area contributed by atoms with Crippen LogP contribution in [0.4, 0.5) is 13.2 Å². The van der Waals surface area contributed by atoms with E-state index in [9.17, 15) is 19.1 Å². The van der Waals surface area contributed by atoms with Crippen molar-refractivity contribution in [2.75, 3.05) is 19.6 Å². The molecular weight excluding hydrogens is 607 g/mol. The highest BCUT2D eigenvalue weighted by Gasteiger charge is 2.30. The van der Waals surface area contributed by atoms with Gasteiger partial charge in [0.2, 0.25) is 5.91 Å². The fourth-order valence-electron chi connectivity index (χ4n) is 5.75. The number of carboxylic acid groups (broad SMARTS) is 1. The minimum Gasteiger partial charge on any atom is -0.488 e. The molecule has 0 aromatic heterocycles. The third kappa shape index (κ3) is 7.45. The molecule has 0 unspecified atom stereocenters. The number of carbonyl (C=O) groups excluding carboxylic acids is 1. The molecule has 0 saturated carbocycles. The van der Waals surface area contributed by atoms with Crippen LogP contribution in [0.15, 0.2) is 54.2 Å². The Morgan fingerprint density at radius 2 is 1.89 bits per heavy atom. The Hall–Kier alpha value is -4.02. The summed E-state index contributed by atoms with van der Waals surface area (Å²) in [6.45, 7) is 6.63. The zero-order chi connectivity index (χ0) is 32.4. The molecule has 2 aliphatic rings. The number of benzene rings is 3. The topological polar surface area (TPSA) is 90.9 Å². The van der Waals surface area contributed by atoms with Gasteiger partial charge in [-0.05, 0) is 92.0 Å². The van der Waals surface area contributed by atoms with E-state index in [4.69, 9.17) is 16.3 Å².